The summed E-state index contributed by atoms with van der Waals surface area (Å²) in [7, 11) is 0. The fourth-order valence-corrected chi connectivity index (χ4v) is 2.65. The Morgan fingerprint density at radius 3 is 2.79 bits per heavy atom. The van der Waals surface area contributed by atoms with Crippen molar-refractivity contribution in [1.82, 2.24) is 10.3 Å². The molecular weight excluding hydrogens is 242 g/mol. The second-order valence-corrected chi connectivity index (χ2v) is 5.17. The summed E-state index contributed by atoms with van der Waals surface area (Å²) in [6, 6.07) is 2.84. The maximum Gasteiger partial charge on any atom is 0.250 e. The molecule has 2 amide bonds. The average Bonchev–Trinajstić information content (AvgIpc) is 3.26. The maximum atomic E-state index is 12.6. The van der Waals surface area contributed by atoms with Crippen LogP contribution in [0.3, 0.4) is 0 Å². The van der Waals surface area contributed by atoms with Crippen LogP contribution in [-0.2, 0) is 9.59 Å². The van der Waals surface area contributed by atoms with Crippen LogP contribution in [0.1, 0.15) is 26.2 Å². The highest BCUT2D eigenvalue weighted by molar-refractivity contribution is 6.08. The van der Waals surface area contributed by atoms with Crippen LogP contribution < -0.4 is 10.2 Å². The molecule has 0 aromatic carbocycles. The Balaban J connectivity index is 1.96. The molecule has 2 unspecified atom stereocenters. The summed E-state index contributed by atoms with van der Waals surface area (Å²) in [6.07, 6.45) is 5.95. The Kier molecular flexibility index (Phi) is 2.97. The van der Waals surface area contributed by atoms with Crippen LogP contribution >= 0.6 is 0 Å². The number of amides is 2. The number of piperazine rings is 1. The van der Waals surface area contributed by atoms with Gasteiger partial charge in [0, 0.05) is 6.20 Å². The summed E-state index contributed by atoms with van der Waals surface area (Å²) < 4.78 is 0. The van der Waals surface area contributed by atoms with Crippen molar-refractivity contribution in [3.8, 4) is 0 Å². The average molecular weight is 259 g/mol. The number of aromatic nitrogens is 1. The molecule has 2 heterocycles. The smallest absolute Gasteiger partial charge is 0.250 e. The molecule has 0 spiro atoms. The zero-order valence-electron chi connectivity index (χ0n) is 10.9. The van der Waals surface area contributed by atoms with Crippen LogP contribution in [0.5, 0.6) is 0 Å². The number of carbonyl (C=O) groups excluding carboxylic acids is 2. The predicted octanol–water partition coefficient (Wildman–Crippen LogP) is 1.10. The summed E-state index contributed by atoms with van der Waals surface area (Å²) >= 11 is 0. The van der Waals surface area contributed by atoms with E-state index in [1.54, 1.807) is 23.4 Å². The lowest BCUT2D eigenvalue weighted by molar-refractivity contribution is -0.134. The van der Waals surface area contributed by atoms with Crippen LogP contribution in [0.25, 0.3) is 0 Å². The van der Waals surface area contributed by atoms with Gasteiger partial charge in [0.1, 0.15) is 12.1 Å². The van der Waals surface area contributed by atoms with E-state index in [9.17, 15) is 9.59 Å². The molecule has 1 aliphatic carbocycles. The van der Waals surface area contributed by atoms with E-state index in [0.29, 0.717) is 18.0 Å². The number of nitrogens with one attached hydrogen (secondary N) is 1. The van der Waals surface area contributed by atoms with Gasteiger partial charge in [0.05, 0.1) is 11.9 Å². The summed E-state index contributed by atoms with van der Waals surface area (Å²) in [5.41, 5.74) is 0.708. The Morgan fingerprint density at radius 1 is 1.42 bits per heavy atom. The minimum absolute atomic E-state index is 0.00181. The number of carbonyl (C=O) groups is 2. The molecule has 1 aliphatic heterocycles. The quantitative estimate of drug-likeness (QED) is 0.884. The zero-order chi connectivity index (χ0) is 13.4. The minimum atomic E-state index is -0.424. The molecule has 5 heteroatoms. The van der Waals surface area contributed by atoms with Crippen molar-refractivity contribution in [2.75, 3.05) is 4.90 Å². The van der Waals surface area contributed by atoms with Gasteiger partial charge in [-0.25, -0.2) is 0 Å². The molecule has 3 rings (SSSR count). The van der Waals surface area contributed by atoms with Gasteiger partial charge in [0.15, 0.2) is 0 Å². The van der Waals surface area contributed by atoms with Crippen molar-refractivity contribution in [2.24, 2.45) is 5.92 Å². The van der Waals surface area contributed by atoms with Gasteiger partial charge in [-0.05, 0) is 37.3 Å². The third-order valence-electron chi connectivity index (χ3n) is 3.82. The van der Waals surface area contributed by atoms with E-state index in [1.165, 1.54) is 0 Å². The van der Waals surface area contributed by atoms with Crippen molar-refractivity contribution < 1.29 is 9.59 Å². The molecule has 1 saturated carbocycles. The van der Waals surface area contributed by atoms with Gasteiger partial charge in [0.25, 0.3) is 5.91 Å². The first-order chi connectivity index (χ1) is 9.22. The Bertz CT molecular complexity index is 499. The van der Waals surface area contributed by atoms with Crippen LogP contribution in [0.2, 0.25) is 0 Å². The molecule has 19 heavy (non-hydrogen) atoms. The van der Waals surface area contributed by atoms with Gasteiger partial charge in [-0.3, -0.25) is 19.5 Å². The summed E-state index contributed by atoms with van der Waals surface area (Å²) in [5, 5.41) is 2.88. The number of hydrogen-bond donors (Lipinski definition) is 1. The van der Waals surface area contributed by atoms with Gasteiger partial charge < -0.3 is 5.32 Å². The standard InChI is InChI=1S/C14H17N3O2/c1-2-11-13(18)16-12(9-5-6-9)14(19)17(11)10-4-3-7-15-8-10/h3-4,7-9,11-12H,2,5-6H2,1H3,(H,16,18). The second kappa shape index (κ2) is 4.64. The molecule has 2 atom stereocenters. The van der Waals surface area contributed by atoms with Crippen molar-refractivity contribution in [1.29, 1.82) is 0 Å². The fraction of sp³-hybridized carbons (Fsp3) is 0.500. The Hall–Kier alpha value is -1.91. The van der Waals surface area contributed by atoms with Crippen molar-refractivity contribution in [3.05, 3.63) is 24.5 Å². The summed E-state index contributed by atoms with van der Waals surface area (Å²) in [4.78, 5) is 30.4. The molecule has 0 bridgehead atoms. The van der Waals surface area contributed by atoms with Gasteiger partial charge in [0.2, 0.25) is 5.91 Å². The first kappa shape index (κ1) is 12.1. The lowest BCUT2D eigenvalue weighted by Crippen LogP contribution is -2.64. The number of hydrogen-bond acceptors (Lipinski definition) is 3. The topological polar surface area (TPSA) is 62.3 Å². The largest absolute Gasteiger partial charge is 0.342 e. The first-order valence-corrected chi connectivity index (χ1v) is 6.76. The molecule has 100 valence electrons. The molecule has 2 aliphatic rings. The molecule has 1 N–H and O–H groups in total. The van der Waals surface area contributed by atoms with Crippen molar-refractivity contribution in [3.63, 3.8) is 0 Å². The minimum Gasteiger partial charge on any atom is -0.342 e. The van der Waals surface area contributed by atoms with E-state index in [0.717, 1.165) is 12.8 Å². The molecule has 2 fully saturated rings. The molecule has 1 aromatic rings. The van der Waals surface area contributed by atoms with E-state index >= 15 is 0 Å². The van der Waals surface area contributed by atoms with Crippen LogP contribution in [0, 0.1) is 5.92 Å². The second-order valence-electron chi connectivity index (χ2n) is 5.17. The van der Waals surface area contributed by atoms with Crippen LogP contribution in [0.15, 0.2) is 24.5 Å². The van der Waals surface area contributed by atoms with Crippen LogP contribution in [-0.4, -0.2) is 28.9 Å². The van der Waals surface area contributed by atoms with Crippen molar-refractivity contribution >= 4 is 17.5 Å². The molecule has 1 saturated heterocycles. The first-order valence-electron chi connectivity index (χ1n) is 6.76. The lowest BCUT2D eigenvalue weighted by atomic mass is 10.0. The van der Waals surface area contributed by atoms with E-state index < -0.39 is 6.04 Å². The van der Waals surface area contributed by atoms with E-state index in [2.05, 4.69) is 10.3 Å². The third-order valence-corrected chi connectivity index (χ3v) is 3.82. The molecule has 0 radical (unpaired) electrons. The number of pyridine rings is 1. The fourth-order valence-electron chi connectivity index (χ4n) is 2.65. The number of nitrogens with zero attached hydrogens (tertiary/aromatic N) is 2. The Morgan fingerprint density at radius 2 is 2.21 bits per heavy atom. The predicted molar refractivity (Wildman–Crippen MR) is 70.5 cm³/mol. The lowest BCUT2D eigenvalue weighted by Gasteiger charge is -2.38. The number of rotatable bonds is 3. The van der Waals surface area contributed by atoms with E-state index in [4.69, 9.17) is 0 Å². The molecule has 5 nitrogen and oxygen atoms in total. The monoisotopic (exact) mass is 259 g/mol. The maximum absolute atomic E-state index is 12.6. The van der Waals surface area contributed by atoms with Gasteiger partial charge in [-0.1, -0.05) is 6.92 Å². The van der Waals surface area contributed by atoms with E-state index in [-0.39, 0.29) is 17.9 Å². The molecular formula is C14H17N3O2. The highest BCUT2D eigenvalue weighted by Gasteiger charge is 2.46. The summed E-state index contributed by atoms with van der Waals surface area (Å²) in [5.74, 6) is 0.262. The normalized spacial score (nSPS) is 27.3. The Labute approximate surface area is 112 Å². The van der Waals surface area contributed by atoms with Crippen LogP contribution in [0.4, 0.5) is 5.69 Å². The third kappa shape index (κ3) is 2.09. The zero-order valence-corrected chi connectivity index (χ0v) is 10.9. The van der Waals surface area contributed by atoms with Gasteiger partial charge in [-0.2, -0.15) is 0 Å². The van der Waals surface area contributed by atoms with Crippen molar-refractivity contribution in [2.45, 2.75) is 38.3 Å². The highest BCUT2D eigenvalue weighted by atomic mass is 16.2. The SMILES string of the molecule is CCC1C(=O)NC(C2CC2)C(=O)N1c1cccnc1. The van der Waals surface area contributed by atoms with Gasteiger partial charge >= 0.3 is 0 Å². The number of anilines is 1. The molecule has 1 aromatic heterocycles. The van der Waals surface area contributed by atoms with Gasteiger partial charge in [-0.15, -0.1) is 0 Å². The van der Waals surface area contributed by atoms with E-state index in [1.807, 2.05) is 13.0 Å². The summed E-state index contributed by atoms with van der Waals surface area (Å²) in [6.45, 7) is 1.92. The highest BCUT2D eigenvalue weighted by Crippen LogP contribution is 2.36.